The van der Waals surface area contributed by atoms with Crippen LogP contribution in [0, 0.1) is 11.3 Å². The Hall–Kier alpha value is -2.22. The number of hydrogen-bond acceptors (Lipinski definition) is 4. The highest BCUT2D eigenvalue weighted by atomic mass is 16.5. The lowest BCUT2D eigenvalue weighted by atomic mass is 10.2. The first-order valence-corrected chi connectivity index (χ1v) is 5.05. The number of hydrogen-bond donors (Lipinski definition) is 1. The molecule has 0 aliphatic heterocycles. The van der Waals surface area contributed by atoms with Gasteiger partial charge in [-0.3, -0.25) is 4.79 Å². The normalized spacial score (nSPS) is 9.24. The minimum atomic E-state index is -0.301. The quantitative estimate of drug-likeness (QED) is 0.831. The fourth-order valence-electron chi connectivity index (χ4n) is 1.33. The predicted molar refractivity (Wildman–Crippen MR) is 61.6 cm³/mol. The molecule has 17 heavy (non-hydrogen) atoms. The second-order valence-electron chi connectivity index (χ2n) is 3.29. The third-order valence-corrected chi connectivity index (χ3v) is 2.21. The van der Waals surface area contributed by atoms with Crippen molar-refractivity contribution in [1.29, 1.82) is 5.26 Å². The van der Waals surface area contributed by atoms with Gasteiger partial charge >= 0.3 is 0 Å². The van der Waals surface area contributed by atoms with E-state index in [1.54, 1.807) is 32.4 Å². The van der Waals surface area contributed by atoms with Crippen molar-refractivity contribution in [2.45, 2.75) is 13.0 Å². The van der Waals surface area contributed by atoms with E-state index in [0.717, 1.165) is 5.56 Å². The summed E-state index contributed by atoms with van der Waals surface area (Å²) in [6, 6.07) is 7.12. The van der Waals surface area contributed by atoms with Gasteiger partial charge in [0, 0.05) is 18.2 Å². The van der Waals surface area contributed by atoms with Crippen LogP contribution in [0.1, 0.15) is 12.0 Å². The smallest absolute Gasteiger partial charge is 0.234 e. The van der Waals surface area contributed by atoms with E-state index in [1.165, 1.54) is 0 Å². The Balaban J connectivity index is 2.71. The van der Waals surface area contributed by atoms with E-state index in [1.807, 2.05) is 6.07 Å². The minimum absolute atomic E-state index is 0.140. The molecule has 0 saturated carbocycles. The van der Waals surface area contributed by atoms with E-state index in [4.69, 9.17) is 14.7 Å². The Morgan fingerprint density at radius 3 is 2.76 bits per heavy atom. The van der Waals surface area contributed by atoms with Crippen LogP contribution in [0.4, 0.5) is 0 Å². The molecule has 5 nitrogen and oxygen atoms in total. The van der Waals surface area contributed by atoms with Crippen molar-refractivity contribution < 1.29 is 14.3 Å². The van der Waals surface area contributed by atoms with Crippen molar-refractivity contribution >= 4 is 5.91 Å². The molecular weight excluding hydrogens is 220 g/mol. The molecule has 0 radical (unpaired) electrons. The first kappa shape index (κ1) is 12.8. The SMILES string of the molecule is COc1ccc(CNC(=O)CC#N)c(OC)c1. The summed E-state index contributed by atoms with van der Waals surface area (Å²) in [5, 5.41) is 11.0. The molecule has 1 N–H and O–H groups in total. The Bertz CT molecular complexity index is 438. The maximum Gasteiger partial charge on any atom is 0.234 e. The van der Waals surface area contributed by atoms with Crippen molar-refractivity contribution in [2.75, 3.05) is 14.2 Å². The number of amides is 1. The average Bonchev–Trinajstić information content (AvgIpc) is 2.36. The molecule has 0 fully saturated rings. The molecule has 0 unspecified atom stereocenters. The number of nitriles is 1. The standard InChI is InChI=1S/C12H14N2O3/c1-16-10-4-3-9(11(7-10)17-2)8-14-12(15)5-6-13/h3-4,7H,5,8H2,1-2H3,(H,14,15). The molecule has 0 heterocycles. The van der Waals surface area contributed by atoms with Crippen LogP contribution in [0.2, 0.25) is 0 Å². The van der Waals surface area contributed by atoms with Crippen LogP contribution in [0.15, 0.2) is 18.2 Å². The Morgan fingerprint density at radius 1 is 1.41 bits per heavy atom. The lowest BCUT2D eigenvalue weighted by Crippen LogP contribution is -2.22. The van der Waals surface area contributed by atoms with Gasteiger partial charge < -0.3 is 14.8 Å². The highest BCUT2D eigenvalue weighted by molar-refractivity contribution is 5.78. The molecule has 0 bridgehead atoms. The number of nitrogens with one attached hydrogen (secondary N) is 1. The highest BCUT2D eigenvalue weighted by Crippen LogP contribution is 2.24. The summed E-state index contributed by atoms with van der Waals surface area (Å²) in [4.78, 5) is 11.1. The number of carbonyl (C=O) groups is 1. The largest absolute Gasteiger partial charge is 0.497 e. The van der Waals surface area contributed by atoms with E-state index in [-0.39, 0.29) is 12.3 Å². The lowest BCUT2D eigenvalue weighted by Gasteiger charge is -2.10. The van der Waals surface area contributed by atoms with E-state index >= 15 is 0 Å². The third kappa shape index (κ3) is 3.68. The maximum atomic E-state index is 11.1. The van der Waals surface area contributed by atoms with Crippen LogP contribution >= 0.6 is 0 Å². The molecular formula is C12H14N2O3. The van der Waals surface area contributed by atoms with Crippen molar-refractivity contribution in [1.82, 2.24) is 5.32 Å². The van der Waals surface area contributed by atoms with Crippen LogP contribution in [-0.4, -0.2) is 20.1 Å². The lowest BCUT2D eigenvalue weighted by molar-refractivity contribution is -0.120. The molecule has 1 aromatic carbocycles. The van der Waals surface area contributed by atoms with Crippen LogP contribution < -0.4 is 14.8 Å². The first-order valence-electron chi connectivity index (χ1n) is 5.05. The van der Waals surface area contributed by atoms with Gasteiger partial charge in [0.2, 0.25) is 5.91 Å². The van der Waals surface area contributed by atoms with E-state index in [2.05, 4.69) is 5.32 Å². The zero-order chi connectivity index (χ0) is 12.7. The summed E-state index contributed by atoms with van der Waals surface area (Å²) >= 11 is 0. The Morgan fingerprint density at radius 2 is 2.18 bits per heavy atom. The van der Waals surface area contributed by atoms with Crippen LogP contribution in [-0.2, 0) is 11.3 Å². The van der Waals surface area contributed by atoms with Crippen LogP contribution in [0.5, 0.6) is 11.5 Å². The molecule has 0 spiro atoms. The molecule has 1 amide bonds. The van der Waals surface area contributed by atoms with Gasteiger partial charge in [-0.2, -0.15) is 5.26 Å². The molecule has 90 valence electrons. The van der Waals surface area contributed by atoms with Crippen LogP contribution in [0.3, 0.4) is 0 Å². The number of carbonyl (C=O) groups excluding carboxylic acids is 1. The Kier molecular flexibility index (Phi) is 4.82. The van der Waals surface area contributed by atoms with Gasteiger partial charge in [0.25, 0.3) is 0 Å². The summed E-state index contributed by atoms with van der Waals surface area (Å²) in [5.74, 6) is 1.03. The predicted octanol–water partition coefficient (Wildman–Crippen LogP) is 1.23. The summed E-state index contributed by atoms with van der Waals surface area (Å²) < 4.78 is 10.2. The van der Waals surface area contributed by atoms with Gasteiger partial charge in [-0.25, -0.2) is 0 Å². The second-order valence-corrected chi connectivity index (χ2v) is 3.29. The molecule has 0 aromatic heterocycles. The van der Waals surface area contributed by atoms with E-state index < -0.39 is 0 Å². The number of methoxy groups -OCH3 is 2. The monoisotopic (exact) mass is 234 g/mol. The van der Waals surface area contributed by atoms with Gasteiger partial charge in [0.15, 0.2) is 0 Å². The molecule has 5 heteroatoms. The molecule has 1 rings (SSSR count). The molecule has 0 saturated heterocycles. The summed E-state index contributed by atoms with van der Waals surface area (Å²) in [5.41, 5.74) is 0.833. The first-order chi connectivity index (χ1) is 8.21. The second kappa shape index (κ2) is 6.38. The fourth-order valence-corrected chi connectivity index (χ4v) is 1.33. The number of nitrogens with zero attached hydrogens (tertiary/aromatic N) is 1. The molecule has 1 aromatic rings. The van der Waals surface area contributed by atoms with Crippen molar-refractivity contribution in [2.24, 2.45) is 0 Å². The summed E-state index contributed by atoms with van der Waals surface area (Å²) in [6.07, 6.45) is -0.140. The van der Waals surface area contributed by atoms with Gasteiger partial charge in [0.1, 0.15) is 17.9 Å². The van der Waals surface area contributed by atoms with Crippen LogP contribution in [0.25, 0.3) is 0 Å². The van der Waals surface area contributed by atoms with Gasteiger partial charge in [-0.1, -0.05) is 0 Å². The maximum absolute atomic E-state index is 11.1. The Labute approximate surface area is 100.0 Å². The van der Waals surface area contributed by atoms with Gasteiger partial charge in [-0.05, 0) is 12.1 Å². The summed E-state index contributed by atoms with van der Waals surface area (Å²) in [6.45, 7) is 0.327. The zero-order valence-electron chi connectivity index (χ0n) is 9.82. The fraction of sp³-hybridized carbons (Fsp3) is 0.333. The zero-order valence-corrected chi connectivity index (χ0v) is 9.82. The minimum Gasteiger partial charge on any atom is -0.497 e. The third-order valence-electron chi connectivity index (χ3n) is 2.21. The van der Waals surface area contributed by atoms with E-state index in [0.29, 0.717) is 18.0 Å². The highest BCUT2D eigenvalue weighted by Gasteiger charge is 2.06. The molecule has 0 aliphatic carbocycles. The van der Waals surface area contributed by atoms with Crippen molar-refractivity contribution in [3.8, 4) is 17.6 Å². The van der Waals surface area contributed by atoms with E-state index in [9.17, 15) is 4.79 Å². The summed E-state index contributed by atoms with van der Waals surface area (Å²) in [7, 11) is 3.12. The number of ether oxygens (including phenoxy) is 2. The number of benzene rings is 1. The topological polar surface area (TPSA) is 71.3 Å². The molecule has 0 aliphatic rings. The van der Waals surface area contributed by atoms with Gasteiger partial charge in [0.05, 0.1) is 20.3 Å². The van der Waals surface area contributed by atoms with Crippen molar-refractivity contribution in [3.05, 3.63) is 23.8 Å². The van der Waals surface area contributed by atoms with Gasteiger partial charge in [-0.15, -0.1) is 0 Å². The molecule has 0 atom stereocenters. The average molecular weight is 234 g/mol. The van der Waals surface area contributed by atoms with Crippen molar-refractivity contribution in [3.63, 3.8) is 0 Å². The number of rotatable bonds is 5.